The molecule has 1 heterocycles. The lowest BCUT2D eigenvalue weighted by Gasteiger charge is -2.36. The summed E-state index contributed by atoms with van der Waals surface area (Å²) in [6, 6.07) is 5.50. The molecule has 1 saturated heterocycles. The summed E-state index contributed by atoms with van der Waals surface area (Å²) in [6.45, 7) is 13.4. The van der Waals surface area contributed by atoms with E-state index in [1.807, 2.05) is 30.3 Å². The van der Waals surface area contributed by atoms with Gasteiger partial charge < -0.3 is 31.3 Å². The summed E-state index contributed by atoms with van der Waals surface area (Å²) in [4.78, 5) is 77.5. The second-order valence-corrected chi connectivity index (χ2v) is 13.9. The highest BCUT2D eigenvalue weighted by molar-refractivity contribution is 6.37. The molecule has 12 nitrogen and oxygen atoms in total. The van der Waals surface area contributed by atoms with Gasteiger partial charge in [-0.3, -0.25) is 24.0 Å². The Labute approximate surface area is 272 Å². The van der Waals surface area contributed by atoms with Gasteiger partial charge in [0.1, 0.15) is 24.7 Å². The van der Waals surface area contributed by atoms with Crippen molar-refractivity contribution in [2.24, 2.45) is 23.0 Å². The number of rotatable bonds is 12. The van der Waals surface area contributed by atoms with Crippen molar-refractivity contribution in [1.29, 1.82) is 0 Å². The summed E-state index contributed by atoms with van der Waals surface area (Å²) >= 11 is 0. The number of hydrogen-bond acceptors (Lipinski definition) is 7. The fraction of sp³-hybridized carbons (Fsp3) is 0.647. The Morgan fingerprint density at radius 1 is 0.935 bits per heavy atom. The van der Waals surface area contributed by atoms with Crippen LogP contribution in [0.4, 0.5) is 4.79 Å². The molecule has 2 aliphatic rings. The van der Waals surface area contributed by atoms with Crippen molar-refractivity contribution >= 4 is 35.5 Å². The number of nitrogens with two attached hydrogens (primary N) is 1. The van der Waals surface area contributed by atoms with E-state index in [0.29, 0.717) is 19.3 Å². The third kappa shape index (κ3) is 12.1. The van der Waals surface area contributed by atoms with E-state index in [2.05, 4.69) is 36.7 Å². The fourth-order valence-corrected chi connectivity index (χ4v) is 5.22. The van der Waals surface area contributed by atoms with E-state index in [9.17, 15) is 28.8 Å². The number of esters is 1. The number of primary amides is 1. The zero-order valence-corrected chi connectivity index (χ0v) is 28.4. The number of ether oxygens (including phenoxy) is 1. The van der Waals surface area contributed by atoms with Gasteiger partial charge in [-0.25, -0.2) is 4.79 Å². The lowest BCUT2D eigenvalue weighted by atomic mass is 9.80. The molecule has 12 heteroatoms. The van der Waals surface area contributed by atoms with Crippen molar-refractivity contribution in [2.75, 3.05) is 13.1 Å². The number of nitrogens with zero attached hydrogens (tertiary/aromatic N) is 1. The summed E-state index contributed by atoms with van der Waals surface area (Å²) in [6.07, 6.45) is 3.60. The molecule has 1 saturated carbocycles. The Kier molecular flexibility index (Phi) is 14.7. The molecule has 256 valence electrons. The van der Waals surface area contributed by atoms with Crippen molar-refractivity contribution < 1.29 is 33.5 Å². The number of amides is 5. The summed E-state index contributed by atoms with van der Waals surface area (Å²) in [5.74, 6) is -2.54. The minimum Gasteiger partial charge on any atom is -0.456 e. The Bertz CT molecular complexity index is 1210. The minimum atomic E-state index is -1.11. The molecule has 4 unspecified atom stereocenters. The van der Waals surface area contributed by atoms with Gasteiger partial charge in [0, 0.05) is 6.54 Å². The monoisotopic (exact) mass is 643 g/mol. The van der Waals surface area contributed by atoms with Crippen LogP contribution in [0, 0.1) is 17.3 Å². The number of ketones is 1. The maximum atomic E-state index is 13.7. The van der Waals surface area contributed by atoms with Gasteiger partial charge in [-0.15, -0.1) is 0 Å². The van der Waals surface area contributed by atoms with Gasteiger partial charge in [-0.2, -0.15) is 0 Å². The first-order valence-corrected chi connectivity index (χ1v) is 16.2. The van der Waals surface area contributed by atoms with Crippen LogP contribution >= 0.6 is 0 Å². The first-order valence-electron chi connectivity index (χ1n) is 16.2. The Morgan fingerprint density at radius 2 is 1.54 bits per heavy atom. The summed E-state index contributed by atoms with van der Waals surface area (Å²) < 4.78 is 5.37. The minimum absolute atomic E-state index is 0.228. The van der Waals surface area contributed by atoms with E-state index in [1.165, 1.54) is 4.90 Å². The van der Waals surface area contributed by atoms with Crippen molar-refractivity contribution in [1.82, 2.24) is 20.9 Å². The lowest BCUT2D eigenvalue weighted by Crippen LogP contribution is -2.60. The van der Waals surface area contributed by atoms with Crippen LogP contribution in [0.3, 0.4) is 0 Å². The molecule has 1 aliphatic carbocycles. The maximum absolute atomic E-state index is 13.7. The molecule has 0 radical (unpaired) electrons. The summed E-state index contributed by atoms with van der Waals surface area (Å²) in [5, 5.41) is 7.76. The van der Waals surface area contributed by atoms with E-state index < -0.39 is 71.7 Å². The average molecular weight is 644 g/mol. The third-order valence-electron chi connectivity index (χ3n) is 7.87. The number of benzene rings is 1. The van der Waals surface area contributed by atoms with Crippen molar-refractivity contribution in [3.05, 3.63) is 35.9 Å². The standard InChI is InChI=1S/C30H43N5O7.C4H10/c1-18(20-12-6-5-7-13-20)42-23(36)17-32-29(41)34-25(30(2,3)4)28(40)35-15-9-14-22(35)27(39)33-21(24(37)26(31)38)16-19-10-8-11-19;1-4(2)3/h5-7,12-13,18-19,21-22,25H,8-11,14-17H2,1-4H3,(H2,31,38)(H,33,39)(H2,32,34,41);4H,1-3H3. The van der Waals surface area contributed by atoms with Crippen LogP contribution in [-0.4, -0.2) is 71.6 Å². The second-order valence-electron chi connectivity index (χ2n) is 13.9. The molecule has 1 aromatic carbocycles. The van der Waals surface area contributed by atoms with E-state index >= 15 is 0 Å². The van der Waals surface area contributed by atoms with E-state index in [4.69, 9.17) is 10.5 Å². The number of urea groups is 1. The SMILES string of the molecule is CC(C)C.CC(OC(=O)CNC(=O)NC(C(=O)N1CCCC1C(=O)NC(CC1CCC1)C(=O)C(N)=O)C(C)(C)C)c1ccccc1. The molecule has 46 heavy (non-hydrogen) atoms. The second kappa shape index (κ2) is 17.7. The first kappa shape index (κ1) is 38.2. The largest absolute Gasteiger partial charge is 0.456 e. The Morgan fingerprint density at radius 3 is 2.07 bits per heavy atom. The predicted octanol–water partition coefficient (Wildman–Crippen LogP) is 3.39. The zero-order valence-electron chi connectivity index (χ0n) is 28.4. The molecule has 0 bridgehead atoms. The lowest BCUT2D eigenvalue weighted by molar-refractivity contribution is -0.147. The highest BCUT2D eigenvalue weighted by Gasteiger charge is 2.43. The highest BCUT2D eigenvalue weighted by Crippen LogP contribution is 2.31. The number of carbonyl (C=O) groups excluding carboxylic acids is 6. The summed E-state index contributed by atoms with van der Waals surface area (Å²) in [5.41, 5.74) is 5.30. The van der Waals surface area contributed by atoms with Crippen LogP contribution in [0.1, 0.15) is 98.7 Å². The number of likely N-dealkylation sites (tertiary alicyclic amines) is 1. The molecule has 1 aromatic rings. The number of nitrogens with one attached hydrogen (secondary N) is 3. The van der Waals surface area contributed by atoms with Gasteiger partial charge in [0.15, 0.2) is 0 Å². The predicted molar refractivity (Wildman–Crippen MR) is 174 cm³/mol. The van der Waals surface area contributed by atoms with Crippen LogP contribution in [0.2, 0.25) is 0 Å². The smallest absolute Gasteiger partial charge is 0.326 e. The molecular formula is C34H53N5O7. The molecule has 2 fully saturated rings. The number of hydrogen-bond donors (Lipinski definition) is 4. The van der Waals surface area contributed by atoms with Crippen LogP contribution in [-0.2, 0) is 28.7 Å². The fourth-order valence-electron chi connectivity index (χ4n) is 5.22. The summed E-state index contributed by atoms with van der Waals surface area (Å²) in [7, 11) is 0. The van der Waals surface area contributed by atoms with Crippen LogP contribution in [0.15, 0.2) is 30.3 Å². The first-order chi connectivity index (χ1) is 21.5. The van der Waals surface area contributed by atoms with Gasteiger partial charge in [-0.1, -0.05) is 91.1 Å². The van der Waals surface area contributed by atoms with Gasteiger partial charge in [-0.05, 0) is 49.0 Å². The maximum Gasteiger partial charge on any atom is 0.326 e. The molecule has 5 amide bonds. The van der Waals surface area contributed by atoms with Crippen molar-refractivity contribution in [2.45, 2.75) is 111 Å². The quantitative estimate of drug-likeness (QED) is 0.199. The van der Waals surface area contributed by atoms with Gasteiger partial charge in [0.05, 0.1) is 6.04 Å². The highest BCUT2D eigenvalue weighted by atomic mass is 16.5. The van der Waals surface area contributed by atoms with Gasteiger partial charge in [0.2, 0.25) is 17.6 Å². The van der Waals surface area contributed by atoms with E-state index in [0.717, 1.165) is 30.7 Å². The number of carbonyl (C=O) groups is 6. The Hall–Kier alpha value is -3.96. The van der Waals surface area contributed by atoms with Crippen LogP contribution < -0.4 is 21.7 Å². The topological polar surface area (TPSA) is 177 Å². The van der Waals surface area contributed by atoms with Gasteiger partial charge in [0.25, 0.3) is 5.91 Å². The molecule has 0 spiro atoms. The average Bonchev–Trinajstić information content (AvgIpc) is 3.45. The molecule has 1 aliphatic heterocycles. The normalized spacial score (nSPS) is 18.2. The van der Waals surface area contributed by atoms with Crippen LogP contribution in [0.5, 0.6) is 0 Å². The third-order valence-corrected chi connectivity index (χ3v) is 7.87. The molecular weight excluding hydrogens is 590 g/mol. The Balaban J connectivity index is 0.00000173. The van der Waals surface area contributed by atoms with Crippen molar-refractivity contribution in [3.8, 4) is 0 Å². The van der Waals surface area contributed by atoms with Crippen LogP contribution in [0.25, 0.3) is 0 Å². The van der Waals surface area contributed by atoms with E-state index in [1.54, 1.807) is 27.7 Å². The van der Waals surface area contributed by atoms with Gasteiger partial charge >= 0.3 is 12.0 Å². The number of Topliss-reactive ketones (excluding diaryl/α,β-unsaturated/α-hetero) is 1. The molecule has 0 aromatic heterocycles. The van der Waals surface area contributed by atoms with Crippen molar-refractivity contribution in [3.63, 3.8) is 0 Å². The molecule has 3 rings (SSSR count). The molecule has 5 N–H and O–H groups in total. The van der Waals surface area contributed by atoms with E-state index in [-0.39, 0.29) is 12.5 Å². The zero-order chi connectivity index (χ0) is 34.6. The molecule has 4 atom stereocenters.